The SMILES string of the molecule is CC(=O)Nc1ccc(N2CC(Br)CC2=O)cc1C. The van der Waals surface area contributed by atoms with Crippen LogP contribution < -0.4 is 10.2 Å². The first-order valence-corrected chi connectivity index (χ1v) is 6.71. The summed E-state index contributed by atoms with van der Waals surface area (Å²) in [5.74, 6) is 0.0344. The first kappa shape index (κ1) is 13.1. The van der Waals surface area contributed by atoms with Crippen LogP contribution >= 0.6 is 15.9 Å². The first-order valence-electron chi connectivity index (χ1n) is 5.80. The number of anilines is 2. The molecule has 1 aromatic rings. The summed E-state index contributed by atoms with van der Waals surface area (Å²) in [6.07, 6.45) is 0.534. The van der Waals surface area contributed by atoms with Gasteiger partial charge in [-0.3, -0.25) is 9.59 Å². The van der Waals surface area contributed by atoms with E-state index in [9.17, 15) is 9.59 Å². The lowest BCUT2D eigenvalue weighted by Gasteiger charge is -2.18. The van der Waals surface area contributed by atoms with Crippen molar-refractivity contribution >= 4 is 39.1 Å². The Balaban J connectivity index is 2.23. The lowest BCUT2D eigenvalue weighted by molar-refractivity contribution is -0.117. The Bertz CT molecular complexity index is 502. The molecule has 2 rings (SSSR count). The summed E-state index contributed by atoms with van der Waals surface area (Å²) in [6, 6.07) is 5.62. The molecule has 0 bridgehead atoms. The molecule has 1 aromatic carbocycles. The molecule has 0 aliphatic carbocycles. The zero-order chi connectivity index (χ0) is 13.3. The molecule has 2 amide bonds. The van der Waals surface area contributed by atoms with Gasteiger partial charge in [0.05, 0.1) is 0 Å². The summed E-state index contributed by atoms with van der Waals surface area (Å²) in [7, 11) is 0. The predicted octanol–water partition coefficient (Wildman–Crippen LogP) is 2.45. The van der Waals surface area contributed by atoms with Gasteiger partial charge in [0, 0.05) is 36.1 Å². The number of carbonyl (C=O) groups is 2. The molecule has 5 heteroatoms. The second-order valence-corrected chi connectivity index (χ2v) is 5.78. The highest BCUT2D eigenvalue weighted by Crippen LogP contribution is 2.28. The van der Waals surface area contributed by atoms with E-state index < -0.39 is 0 Å². The van der Waals surface area contributed by atoms with Crippen LogP contribution in [0.1, 0.15) is 18.9 Å². The molecule has 1 aliphatic heterocycles. The summed E-state index contributed by atoms with van der Waals surface area (Å²) in [5.41, 5.74) is 2.62. The fraction of sp³-hybridized carbons (Fsp3) is 0.385. The summed E-state index contributed by atoms with van der Waals surface area (Å²) in [4.78, 5) is 24.8. The van der Waals surface area contributed by atoms with Gasteiger partial charge in [0.1, 0.15) is 0 Å². The van der Waals surface area contributed by atoms with Gasteiger partial charge in [-0.15, -0.1) is 0 Å². The fourth-order valence-electron chi connectivity index (χ4n) is 2.06. The number of amides is 2. The Morgan fingerprint density at radius 3 is 2.72 bits per heavy atom. The summed E-state index contributed by atoms with van der Waals surface area (Å²) >= 11 is 3.46. The normalized spacial score (nSPS) is 19.2. The maximum absolute atomic E-state index is 11.8. The topological polar surface area (TPSA) is 49.4 Å². The van der Waals surface area contributed by atoms with Gasteiger partial charge in [-0.05, 0) is 30.7 Å². The van der Waals surface area contributed by atoms with Crippen molar-refractivity contribution in [2.75, 3.05) is 16.8 Å². The maximum atomic E-state index is 11.8. The highest BCUT2D eigenvalue weighted by Gasteiger charge is 2.28. The Morgan fingerprint density at radius 2 is 2.22 bits per heavy atom. The number of nitrogens with zero attached hydrogens (tertiary/aromatic N) is 1. The second-order valence-electron chi connectivity index (χ2n) is 4.49. The van der Waals surface area contributed by atoms with Gasteiger partial charge in [0.25, 0.3) is 0 Å². The van der Waals surface area contributed by atoms with Gasteiger partial charge in [0.15, 0.2) is 0 Å². The number of aryl methyl sites for hydroxylation is 1. The Hall–Kier alpha value is -1.36. The second kappa shape index (κ2) is 5.10. The third-order valence-corrected chi connectivity index (χ3v) is 3.52. The summed E-state index contributed by atoms with van der Waals surface area (Å²) < 4.78 is 0. The molecule has 0 saturated carbocycles. The average Bonchev–Trinajstić information content (AvgIpc) is 2.60. The molecular weight excluding hydrogens is 296 g/mol. The molecule has 96 valence electrons. The van der Waals surface area contributed by atoms with E-state index in [1.54, 1.807) is 4.90 Å². The van der Waals surface area contributed by atoms with E-state index in [-0.39, 0.29) is 16.6 Å². The molecule has 0 radical (unpaired) electrons. The van der Waals surface area contributed by atoms with Gasteiger partial charge in [-0.2, -0.15) is 0 Å². The van der Waals surface area contributed by atoms with Crippen LogP contribution in [-0.4, -0.2) is 23.2 Å². The van der Waals surface area contributed by atoms with E-state index in [0.717, 1.165) is 16.9 Å². The van der Waals surface area contributed by atoms with Crippen LogP contribution in [0.3, 0.4) is 0 Å². The van der Waals surface area contributed by atoms with Gasteiger partial charge < -0.3 is 10.2 Å². The van der Waals surface area contributed by atoms with Gasteiger partial charge in [-0.1, -0.05) is 15.9 Å². The van der Waals surface area contributed by atoms with Crippen molar-refractivity contribution in [2.45, 2.75) is 25.1 Å². The molecule has 4 nitrogen and oxygen atoms in total. The van der Waals surface area contributed by atoms with Crippen molar-refractivity contribution in [3.05, 3.63) is 23.8 Å². The van der Waals surface area contributed by atoms with Crippen molar-refractivity contribution in [3.63, 3.8) is 0 Å². The third-order valence-electron chi connectivity index (χ3n) is 2.91. The quantitative estimate of drug-likeness (QED) is 0.853. The number of hydrogen-bond donors (Lipinski definition) is 1. The number of carbonyl (C=O) groups excluding carboxylic acids is 2. The minimum Gasteiger partial charge on any atom is -0.326 e. The van der Waals surface area contributed by atoms with E-state index in [1.165, 1.54) is 6.92 Å². The van der Waals surface area contributed by atoms with Gasteiger partial charge in [-0.25, -0.2) is 0 Å². The van der Waals surface area contributed by atoms with E-state index in [2.05, 4.69) is 21.2 Å². The number of rotatable bonds is 2. The lowest BCUT2D eigenvalue weighted by atomic mass is 10.1. The van der Waals surface area contributed by atoms with Crippen molar-refractivity contribution in [1.82, 2.24) is 0 Å². The highest BCUT2D eigenvalue weighted by atomic mass is 79.9. The Morgan fingerprint density at radius 1 is 1.50 bits per heavy atom. The third kappa shape index (κ3) is 2.72. The summed E-state index contributed by atoms with van der Waals surface area (Å²) in [6.45, 7) is 4.09. The fourth-order valence-corrected chi connectivity index (χ4v) is 2.63. The van der Waals surface area contributed by atoms with Crippen LogP contribution in [0.5, 0.6) is 0 Å². The van der Waals surface area contributed by atoms with Gasteiger partial charge >= 0.3 is 0 Å². The maximum Gasteiger partial charge on any atom is 0.228 e. The van der Waals surface area contributed by atoms with E-state index >= 15 is 0 Å². The average molecular weight is 311 g/mol. The van der Waals surface area contributed by atoms with Gasteiger partial charge in [0.2, 0.25) is 11.8 Å². The van der Waals surface area contributed by atoms with Crippen LogP contribution in [0, 0.1) is 6.92 Å². The molecule has 1 heterocycles. The predicted molar refractivity (Wildman–Crippen MR) is 75.2 cm³/mol. The minimum absolute atomic E-state index is 0.0939. The summed E-state index contributed by atoms with van der Waals surface area (Å²) in [5, 5.41) is 2.76. The molecule has 1 N–H and O–H groups in total. The van der Waals surface area contributed by atoms with Crippen LogP contribution in [-0.2, 0) is 9.59 Å². The number of alkyl halides is 1. The zero-order valence-electron chi connectivity index (χ0n) is 10.4. The minimum atomic E-state index is -0.0939. The molecule has 0 aromatic heterocycles. The van der Waals surface area contributed by atoms with Crippen LogP contribution in [0.15, 0.2) is 18.2 Å². The Kier molecular flexibility index (Phi) is 3.71. The highest BCUT2D eigenvalue weighted by molar-refractivity contribution is 9.09. The standard InChI is InChI=1S/C13H15BrN2O2/c1-8-5-11(3-4-12(8)15-9(2)17)16-7-10(14)6-13(16)18/h3-5,10H,6-7H2,1-2H3,(H,15,17). The molecule has 0 spiro atoms. The Labute approximate surface area is 114 Å². The number of hydrogen-bond acceptors (Lipinski definition) is 2. The zero-order valence-corrected chi connectivity index (χ0v) is 12.0. The van der Waals surface area contributed by atoms with E-state index in [1.807, 2.05) is 25.1 Å². The largest absolute Gasteiger partial charge is 0.326 e. The molecule has 1 aliphatic rings. The number of halogens is 1. The van der Waals surface area contributed by atoms with E-state index in [4.69, 9.17) is 0 Å². The van der Waals surface area contributed by atoms with Crippen LogP contribution in [0.25, 0.3) is 0 Å². The molecule has 1 atom stereocenters. The smallest absolute Gasteiger partial charge is 0.228 e. The molecule has 18 heavy (non-hydrogen) atoms. The monoisotopic (exact) mass is 310 g/mol. The van der Waals surface area contributed by atoms with Crippen molar-refractivity contribution in [3.8, 4) is 0 Å². The van der Waals surface area contributed by atoms with Crippen molar-refractivity contribution < 1.29 is 9.59 Å². The molecule has 1 saturated heterocycles. The molecular formula is C13H15BrN2O2. The van der Waals surface area contributed by atoms with Crippen LogP contribution in [0.4, 0.5) is 11.4 Å². The molecule has 1 unspecified atom stereocenters. The van der Waals surface area contributed by atoms with Crippen molar-refractivity contribution in [1.29, 1.82) is 0 Å². The number of nitrogens with one attached hydrogen (secondary N) is 1. The van der Waals surface area contributed by atoms with Crippen molar-refractivity contribution in [2.24, 2.45) is 0 Å². The van der Waals surface area contributed by atoms with Crippen LogP contribution in [0.2, 0.25) is 0 Å². The number of benzene rings is 1. The molecule has 1 fully saturated rings. The van der Waals surface area contributed by atoms with E-state index in [0.29, 0.717) is 13.0 Å². The first-order chi connectivity index (χ1) is 8.47. The lowest BCUT2D eigenvalue weighted by Crippen LogP contribution is -2.24.